The maximum absolute atomic E-state index is 12.5. The number of hydrogen-bond acceptors (Lipinski definition) is 5. The molecule has 142 valence electrons. The first-order valence-electron chi connectivity index (χ1n) is 8.66. The van der Waals surface area contributed by atoms with Crippen molar-refractivity contribution in [3.05, 3.63) is 76.6 Å². The molecule has 1 heterocycles. The lowest BCUT2D eigenvalue weighted by Crippen LogP contribution is -2.13. The van der Waals surface area contributed by atoms with Gasteiger partial charge in [0.25, 0.3) is 5.91 Å². The number of carboxylic acids is 1. The van der Waals surface area contributed by atoms with Gasteiger partial charge in [-0.15, -0.1) is 0 Å². The SMILES string of the molecule is Cc1cc(C)nc(Nc2ccc(C(=O)Nc3cc(C(=O)O)ccc3C)cc2)n1. The molecule has 3 rings (SSSR count). The number of aromatic nitrogens is 2. The minimum atomic E-state index is -1.04. The van der Waals surface area contributed by atoms with Crippen LogP contribution in [0.5, 0.6) is 0 Å². The maximum Gasteiger partial charge on any atom is 0.335 e. The second-order valence-electron chi connectivity index (χ2n) is 6.47. The summed E-state index contributed by atoms with van der Waals surface area (Å²) in [5.41, 5.74) is 4.31. The lowest BCUT2D eigenvalue weighted by molar-refractivity contribution is 0.0696. The van der Waals surface area contributed by atoms with Crippen LogP contribution in [0, 0.1) is 20.8 Å². The van der Waals surface area contributed by atoms with Crippen LogP contribution in [-0.4, -0.2) is 27.0 Å². The lowest BCUT2D eigenvalue weighted by Gasteiger charge is -2.10. The highest BCUT2D eigenvalue weighted by atomic mass is 16.4. The molecule has 28 heavy (non-hydrogen) atoms. The third-order valence-electron chi connectivity index (χ3n) is 4.12. The van der Waals surface area contributed by atoms with Crippen LogP contribution in [0.15, 0.2) is 48.5 Å². The molecule has 0 aliphatic carbocycles. The predicted molar refractivity (Wildman–Crippen MR) is 107 cm³/mol. The molecule has 0 saturated heterocycles. The van der Waals surface area contributed by atoms with Crippen LogP contribution < -0.4 is 10.6 Å². The van der Waals surface area contributed by atoms with Crippen LogP contribution >= 0.6 is 0 Å². The Morgan fingerprint density at radius 2 is 1.46 bits per heavy atom. The van der Waals surface area contributed by atoms with Gasteiger partial charge in [0.1, 0.15) is 0 Å². The Kier molecular flexibility index (Phi) is 5.35. The molecule has 0 saturated carbocycles. The zero-order valence-corrected chi connectivity index (χ0v) is 15.8. The van der Waals surface area contributed by atoms with E-state index in [0.29, 0.717) is 17.2 Å². The van der Waals surface area contributed by atoms with Crippen molar-refractivity contribution in [1.82, 2.24) is 9.97 Å². The van der Waals surface area contributed by atoms with Crippen molar-refractivity contribution in [2.24, 2.45) is 0 Å². The number of carboxylic acid groups (broad SMARTS) is 1. The molecule has 0 atom stereocenters. The number of nitrogens with zero attached hydrogens (tertiary/aromatic N) is 2. The van der Waals surface area contributed by atoms with Crippen LogP contribution in [-0.2, 0) is 0 Å². The van der Waals surface area contributed by atoms with Crippen molar-refractivity contribution in [2.75, 3.05) is 10.6 Å². The Labute approximate surface area is 162 Å². The molecule has 7 heteroatoms. The number of carbonyl (C=O) groups excluding carboxylic acids is 1. The molecule has 0 aliphatic heterocycles. The van der Waals surface area contributed by atoms with E-state index in [0.717, 1.165) is 22.6 Å². The molecule has 3 aromatic rings. The smallest absolute Gasteiger partial charge is 0.335 e. The van der Waals surface area contributed by atoms with Gasteiger partial charge in [0.2, 0.25) is 5.95 Å². The summed E-state index contributed by atoms with van der Waals surface area (Å²) >= 11 is 0. The molecule has 0 unspecified atom stereocenters. The average molecular weight is 376 g/mol. The van der Waals surface area contributed by atoms with E-state index in [1.165, 1.54) is 12.1 Å². The second-order valence-corrected chi connectivity index (χ2v) is 6.47. The molecular weight excluding hydrogens is 356 g/mol. The lowest BCUT2D eigenvalue weighted by atomic mass is 10.1. The zero-order chi connectivity index (χ0) is 20.3. The minimum absolute atomic E-state index is 0.119. The van der Waals surface area contributed by atoms with E-state index in [2.05, 4.69) is 20.6 Å². The summed E-state index contributed by atoms with van der Waals surface area (Å²) in [6.07, 6.45) is 0. The first kappa shape index (κ1) is 19.0. The molecular formula is C21H20N4O3. The second kappa shape index (κ2) is 7.87. The van der Waals surface area contributed by atoms with Crippen LogP contribution in [0.2, 0.25) is 0 Å². The van der Waals surface area contributed by atoms with E-state index in [1.807, 2.05) is 19.9 Å². The third kappa shape index (κ3) is 4.50. The third-order valence-corrected chi connectivity index (χ3v) is 4.12. The topological polar surface area (TPSA) is 104 Å². The number of rotatable bonds is 5. The zero-order valence-electron chi connectivity index (χ0n) is 15.8. The fraction of sp³-hybridized carbons (Fsp3) is 0.143. The van der Waals surface area contributed by atoms with Gasteiger partial charge >= 0.3 is 5.97 Å². The van der Waals surface area contributed by atoms with Crippen LogP contribution in [0.3, 0.4) is 0 Å². The fourth-order valence-electron chi connectivity index (χ4n) is 2.70. The summed E-state index contributed by atoms with van der Waals surface area (Å²) in [5.74, 6) is -0.866. The van der Waals surface area contributed by atoms with Gasteiger partial charge in [-0.05, 0) is 68.8 Å². The number of nitrogens with one attached hydrogen (secondary N) is 2. The highest BCUT2D eigenvalue weighted by Crippen LogP contribution is 2.19. The van der Waals surface area contributed by atoms with Crippen LogP contribution in [0.25, 0.3) is 0 Å². The molecule has 2 aromatic carbocycles. The standard InChI is InChI=1S/C21H20N4O3/c1-12-4-5-16(20(27)28)11-18(12)25-19(26)15-6-8-17(9-7-15)24-21-22-13(2)10-14(3)23-21/h4-11H,1-3H3,(H,25,26)(H,27,28)(H,22,23,24). The molecule has 0 bridgehead atoms. The van der Waals surface area contributed by atoms with Gasteiger partial charge in [0, 0.05) is 28.3 Å². The molecule has 3 N–H and O–H groups in total. The van der Waals surface area contributed by atoms with Crippen molar-refractivity contribution >= 4 is 29.2 Å². The van der Waals surface area contributed by atoms with E-state index in [9.17, 15) is 9.59 Å². The minimum Gasteiger partial charge on any atom is -0.478 e. The molecule has 0 radical (unpaired) electrons. The van der Waals surface area contributed by atoms with Crippen LogP contribution in [0.1, 0.15) is 37.7 Å². The average Bonchev–Trinajstić information content (AvgIpc) is 2.63. The van der Waals surface area contributed by atoms with E-state index in [4.69, 9.17) is 5.11 Å². The number of carbonyl (C=O) groups is 2. The van der Waals surface area contributed by atoms with E-state index in [1.54, 1.807) is 37.3 Å². The first-order chi connectivity index (χ1) is 13.3. The maximum atomic E-state index is 12.5. The highest BCUT2D eigenvalue weighted by molar-refractivity contribution is 6.05. The number of aryl methyl sites for hydroxylation is 3. The molecule has 0 spiro atoms. The Morgan fingerprint density at radius 1 is 0.857 bits per heavy atom. The Balaban J connectivity index is 1.73. The first-order valence-corrected chi connectivity index (χ1v) is 8.66. The number of hydrogen-bond donors (Lipinski definition) is 3. The Bertz CT molecular complexity index is 1030. The van der Waals surface area contributed by atoms with E-state index >= 15 is 0 Å². The van der Waals surface area contributed by atoms with Crippen molar-refractivity contribution in [2.45, 2.75) is 20.8 Å². The number of anilines is 3. The fourth-order valence-corrected chi connectivity index (χ4v) is 2.70. The van der Waals surface area contributed by atoms with E-state index in [-0.39, 0.29) is 11.5 Å². The van der Waals surface area contributed by atoms with Gasteiger partial charge in [-0.3, -0.25) is 4.79 Å². The monoisotopic (exact) mass is 376 g/mol. The molecule has 0 fully saturated rings. The van der Waals surface area contributed by atoms with Crippen molar-refractivity contribution in [3.8, 4) is 0 Å². The molecule has 0 aliphatic rings. The summed E-state index contributed by atoms with van der Waals surface area (Å²) < 4.78 is 0. The largest absolute Gasteiger partial charge is 0.478 e. The van der Waals surface area contributed by atoms with Crippen molar-refractivity contribution < 1.29 is 14.7 Å². The summed E-state index contributed by atoms with van der Waals surface area (Å²) in [6.45, 7) is 5.60. The molecule has 1 aromatic heterocycles. The van der Waals surface area contributed by atoms with Crippen molar-refractivity contribution in [1.29, 1.82) is 0 Å². The van der Waals surface area contributed by atoms with Gasteiger partial charge < -0.3 is 15.7 Å². The van der Waals surface area contributed by atoms with Crippen molar-refractivity contribution in [3.63, 3.8) is 0 Å². The van der Waals surface area contributed by atoms with E-state index < -0.39 is 5.97 Å². The molecule has 7 nitrogen and oxygen atoms in total. The van der Waals surface area contributed by atoms with Gasteiger partial charge in [-0.1, -0.05) is 6.07 Å². The number of amides is 1. The summed E-state index contributed by atoms with van der Waals surface area (Å²) in [6, 6.07) is 13.4. The number of benzene rings is 2. The van der Waals surface area contributed by atoms with Gasteiger partial charge in [-0.25, -0.2) is 14.8 Å². The summed E-state index contributed by atoms with van der Waals surface area (Å²) in [5, 5.41) is 15.0. The van der Waals surface area contributed by atoms with Crippen LogP contribution in [0.4, 0.5) is 17.3 Å². The quantitative estimate of drug-likeness (QED) is 0.619. The Morgan fingerprint density at radius 3 is 2.07 bits per heavy atom. The molecule has 1 amide bonds. The van der Waals surface area contributed by atoms with Gasteiger partial charge in [-0.2, -0.15) is 0 Å². The summed E-state index contributed by atoms with van der Waals surface area (Å²) in [7, 11) is 0. The van der Waals surface area contributed by atoms with Gasteiger partial charge in [0.05, 0.1) is 5.56 Å². The highest BCUT2D eigenvalue weighted by Gasteiger charge is 2.11. The predicted octanol–water partition coefficient (Wildman–Crippen LogP) is 4.10. The summed E-state index contributed by atoms with van der Waals surface area (Å²) in [4.78, 5) is 32.3. The normalized spacial score (nSPS) is 10.4. The Hall–Kier alpha value is -3.74. The van der Waals surface area contributed by atoms with Gasteiger partial charge in [0.15, 0.2) is 0 Å². The number of aromatic carboxylic acids is 1.